The summed E-state index contributed by atoms with van der Waals surface area (Å²) in [5.74, 6) is -0.496. The Morgan fingerprint density at radius 3 is 2.17 bits per heavy atom. The molecule has 2 aromatic rings. The average molecular weight is 264 g/mol. The zero-order valence-corrected chi connectivity index (χ0v) is 10.5. The molecular formula is C14H11ClFNO. The van der Waals surface area contributed by atoms with Gasteiger partial charge in [0.2, 0.25) is 0 Å². The van der Waals surface area contributed by atoms with Gasteiger partial charge >= 0.3 is 0 Å². The van der Waals surface area contributed by atoms with Crippen LogP contribution in [-0.4, -0.2) is 13.0 Å². The van der Waals surface area contributed by atoms with E-state index in [1.165, 1.54) is 17.0 Å². The van der Waals surface area contributed by atoms with Gasteiger partial charge in [-0.1, -0.05) is 11.6 Å². The van der Waals surface area contributed by atoms with Crippen molar-refractivity contribution in [2.75, 3.05) is 11.9 Å². The van der Waals surface area contributed by atoms with E-state index >= 15 is 0 Å². The minimum Gasteiger partial charge on any atom is -0.311 e. The fraction of sp³-hybridized carbons (Fsp3) is 0.0714. The molecule has 0 heterocycles. The van der Waals surface area contributed by atoms with Crippen molar-refractivity contribution >= 4 is 23.2 Å². The summed E-state index contributed by atoms with van der Waals surface area (Å²) >= 11 is 5.76. The van der Waals surface area contributed by atoms with Gasteiger partial charge in [-0.25, -0.2) is 4.39 Å². The first kappa shape index (κ1) is 12.6. The fourth-order valence-corrected chi connectivity index (χ4v) is 1.69. The van der Waals surface area contributed by atoms with E-state index in [-0.39, 0.29) is 11.7 Å². The van der Waals surface area contributed by atoms with Crippen LogP contribution in [-0.2, 0) is 0 Å². The molecular weight excluding hydrogens is 253 g/mol. The summed E-state index contributed by atoms with van der Waals surface area (Å²) in [6.45, 7) is 0. The van der Waals surface area contributed by atoms with Gasteiger partial charge in [0, 0.05) is 23.3 Å². The van der Waals surface area contributed by atoms with Gasteiger partial charge in [-0.05, 0) is 48.5 Å². The van der Waals surface area contributed by atoms with E-state index in [2.05, 4.69) is 0 Å². The number of rotatable bonds is 2. The van der Waals surface area contributed by atoms with Crippen LogP contribution >= 0.6 is 11.6 Å². The first-order valence-electron chi connectivity index (χ1n) is 5.37. The summed E-state index contributed by atoms with van der Waals surface area (Å²) in [4.78, 5) is 13.6. The minimum absolute atomic E-state index is 0.168. The van der Waals surface area contributed by atoms with Crippen LogP contribution in [0.2, 0.25) is 5.02 Å². The molecule has 2 aromatic carbocycles. The molecule has 4 heteroatoms. The zero-order chi connectivity index (χ0) is 13.1. The molecule has 0 saturated carbocycles. The quantitative estimate of drug-likeness (QED) is 0.808. The van der Waals surface area contributed by atoms with Crippen molar-refractivity contribution in [1.82, 2.24) is 0 Å². The van der Waals surface area contributed by atoms with E-state index in [9.17, 15) is 9.18 Å². The van der Waals surface area contributed by atoms with Crippen LogP contribution in [0.1, 0.15) is 10.4 Å². The summed E-state index contributed by atoms with van der Waals surface area (Å²) in [6, 6.07) is 12.4. The number of amides is 1. The summed E-state index contributed by atoms with van der Waals surface area (Å²) in [5.41, 5.74) is 1.17. The Kier molecular flexibility index (Phi) is 3.63. The lowest BCUT2D eigenvalue weighted by Crippen LogP contribution is -2.26. The van der Waals surface area contributed by atoms with Crippen molar-refractivity contribution in [3.63, 3.8) is 0 Å². The molecule has 0 unspecified atom stereocenters. The summed E-state index contributed by atoms with van der Waals surface area (Å²) in [6.07, 6.45) is 0. The number of carbonyl (C=O) groups excluding carboxylic acids is 1. The Morgan fingerprint density at radius 2 is 1.61 bits per heavy atom. The van der Waals surface area contributed by atoms with Crippen LogP contribution in [0, 0.1) is 5.82 Å². The van der Waals surface area contributed by atoms with Crippen molar-refractivity contribution in [2.24, 2.45) is 0 Å². The third-order valence-electron chi connectivity index (χ3n) is 2.61. The van der Waals surface area contributed by atoms with Gasteiger partial charge < -0.3 is 4.90 Å². The maximum atomic E-state index is 12.8. The first-order chi connectivity index (χ1) is 8.58. The smallest absolute Gasteiger partial charge is 0.258 e. The van der Waals surface area contributed by atoms with E-state index in [0.717, 1.165) is 0 Å². The van der Waals surface area contributed by atoms with Gasteiger partial charge in [-0.2, -0.15) is 0 Å². The number of anilines is 1. The largest absolute Gasteiger partial charge is 0.311 e. The highest BCUT2D eigenvalue weighted by molar-refractivity contribution is 6.30. The summed E-state index contributed by atoms with van der Waals surface area (Å²) in [5, 5.41) is 0.580. The average Bonchev–Trinajstić information content (AvgIpc) is 2.39. The van der Waals surface area contributed by atoms with E-state index < -0.39 is 0 Å². The van der Waals surface area contributed by atoms with Crippen LogP contribution < -0.4 is 4.90 Å². The van der Waals surface area contributed by atoms with Gasteiger partial charge in [0.05, 0.1) is 0 Å². The van der Waals surface area contributed by atoms with Crippen molar-refractivity contribution in [2.45, 2.75) is 0 Å². The third kappa shape index (κ3) is 2.68. The highest BCUT2D eigenvalue weighted by Gasteiger charge is 2.13. The molecule has 0 aliphatic carbocycles. The van der Waals surface area contributed by atoms with Crippen molar-refractivity contribution in [3.8, 4) is 0 Å². The molecule has 0 radical (unpaired) electrons. The molecule has 2 rings (SSSR count). The second-order valence-electron chi connectivity index (χ2n) is 3.85. The Labute approximate surface area is 110 Å². The second kappa shape index (κ2) is 5.19. The SMILES string of the molecule is CN(C(=O)c1ccc(Cl)cc1)c1ccc(F)cc1. The molecule has 0 aliphatic heterocycles. The normalized spacial score (nSPS) is 10.2. The maximum absolute atomic E-state index is 12.8. The van der Waals surface area contributed by atoms with Crippen LogP contribution in [0.3, 0.4) is 0 Å². The Morgan fingerprint density at radius 1 is 1.06 bits per heavy atom. The second-order valence-corrected chi connectivity index (χ2v) is 4.28. The number of halogens is 2. The number of hydrogen-bond acceptors (Lipinski definition) is 1. The van der Waals surface area contributed by atoms with E-state index in [0.29, 0.717) is 16.3 Å². The number of benzene rings is 2. The van der Waals surface area contributed by atoms with Gasteiger partial charge in [-0.15, -0.1) is 0 Å². The predicted molar refractivity (Wildman–Crippen MR) is 70.6 cm³/mol. The molecule has 2 nitrogen and oxygen atoms in total. The zero-order valence-electron chi connectivity index (χ0n) is 9.73. The highest BCUT2D eigenvalue weighted by atomic mass is 35.5. The van der Waals surface area contributed by atoms with Gasteiger partial charge in [0.1, 0.15) is 5.82 Å². The molecule has 1 amide bonds. The van der Waals surface area contributed by atoms with Crippen LogP contribution in [0.4, 0.5) is 10.1 Å². The molecule has 0 saturated heterocycles. The molecule has 0 fully saturated rings. The molecule has 0 aliphatic rings. The third-order valence-corrected chi connectivity index (χ3v) is 2.86. The number of hydrogen-bond donors (Lipinski definition) is 0. The summed E-state index contributed by atoms with van der Waals surface area (Å²) in [7, 11) is 1.64. The molecule has 0 bridgehead atoms. The van der Waals surface area contributed by atoms with Crippen molar-refractivity contribution in [3.05, 3.63) is 64.9 Å². The predicted octanol–water partition coefficient (Wildman–Crippen LogP) is 3.76. The lowest BCUT2D eigenvalue weighted by atomic mass is 10.2. The fourth-order valence-electron chi connectivity index (χ4n) is 1.57. The topological polar surface area (TPSA) is 20.3 Å². The number of nitrogens with zero attached hydrogens (tertiary/aromatic N) is 1. The van der Waals surface area contributed by atoms with Gasteiger partial charge in [-0.3, -0.25) is 4.79 Å². The monoisotopic (exact) mass is 263 g/mol. The van der Waals surface area contributed by atoms with E-state index in [1.807, 2.05) is 0 Å². The minimum atomic E-state index is -0.328. The Hall–Kier alpha value is -1.87. The molecule has 0 N–H and O–H groups in total. The Bertz CT molecular complexity index is 551. The first-order valence-corrected chi connectivity index (χ1v) is 5.75. The molecule has 18 heavy (non-hydrogen) atoms. The molecule has 0 spiro atoms. The van der Waals surface area contributed by atoms with Gasteiger partial charge in [0.15, 0.2) is 0 Å². The maximum Gasteiger partial charge on any atom is 0.258 e. The van der Waals surface area contributed by atoms with Gasteiger partial charge in [0.25, 0.3) is 5.91 Å². The molecule has 0 aromatic heterocycles. The van der Waals surface area contributed by atoms with E-state index in [1.54, 1.807) is 43.4 Å². The van der Waals surface area contributed by atoms with Crippen LogP contribution in [0.15, 0.2) is 48.5 Å². The lowest BCUT2D eigenvalue weighted by molar-refractivity contribution is 0.0993. The lowest BCUT2D eigenvalue weighted by Gasteiger charge is -2.17. The standard InChI is InChI=1S/C14H11ClFNO/c1-17(13-8-6-12(16)7-9-13)14(18)10-2-4-11(15)5-3-10/h2-9H,1H3. The van der Waals surface area contributed by atoms with Crippen LogP contribution in [0.25, 0.3) is 0 Å². The van der Waals surface area contributed by atoms with Crippen molar-refractivity contribution < 1.29 is 9.18 Å². The highest BCUT2D eigenvalue weighted by Crippen LogP contribution is 2.17. The summed E-state index contributed by atoms with van der Waals surface area (Å²) < 4.78 is 12.8. The molecule has 0 atom stereocenters. The Balaban J connectivity index is 2.23. The van der Waals surface area contributed by atoms with Crippen LogP contribution in [0.5, 0.6) is 0 Å². The number of carbonyl (C=O) groups is 1. The molecule has 92 valence electrons. The van der Waals surface area contributed by atoms with Crippen molar-refractivity contribution in [1.29, 1.82) is 0 Å². The van der Waals surface area contributed by atoms with E-state index in [4.69, 9.17) is 11.6 Å².